The molecule has 3 aliphatic rings. The van der Waals surface area contributed by atoms with Gasteiger partial charge in [0.1, 0.15) is 23.0 Å². The van der Waals surface area contributed by atoms with Gasteiger partial charge >= 0.3 is 12.1 Å². The van der Waals surface area contributed by atoms with Crippen LogP contribution in [0.3, 0.4) is 0 Å². The number of hydrazine groups is 1. The summed E-state index contributed by atoms with van der Waals surface area (Å²) in [6, 6.07) is 6.01. The van der Waals surface area contributed by atoms with Gasteiger partial charge in [-0.05, 0) is 69.9 Å². The summed E-state index contributed by atoms with van der Waals surface area (Å²) in [4.78, 5) is 28.4. The normalized spacial score (nSPS) is 17.2. The number of nitrogens with zero attached hydrogens (tertiary/aromatic N) is 2. The van der Waals surface area contributed by atoms with Crippen molar-refractivity contribution in [1.82, 2.24) is 21.1 Å². The van der Waals surface area contributed by atoms with Crippen LogP contribution in [-0.4, -0.2) is 46.7 Å². The number of fused-ring (bicyclic) bond motifs is 2. The molecule has 0 saturated heterocycles. The van der Waals surface area contributed by atoms with Crippen molar-refractivity contribution in [3.05, 3.63) is 70.1 Å². The van der Waals surface area contributed by atoms with Gasteiger partial charge in [0.15, 0.2) is 0 Å². The highest BCUT2D eigenvalue weighted by Gasteiger charge is 2.37. The third-order valence-corrected chi connectivity index (χ3v) is 5.46. The predicted octanol–water partition coefficient (Wildman–Crippen LogP) is 3.14. The lowest BCUT2D eigenvalue weighted by atomic mass is 9.90. The Morgan fingerprint density at radius 2 is 1.94 bits per heavy atom. The number of alkyl carbamates (subject to hydrolysis) is 1. The van der Waals surface area contributed by atoms with Crippen molar-refractivity contribution in [2.24, 2.45) is 4.99 Å². The zero-order valence-corrected chi connectivity index (χ0v) is 19.4. The minimum absolute atomic E-state index is 0.200. The van der Waals surface area contributed by atoms with Crippen LogP contribution in [0.2, 0.25) is 0 Å². The van der Waals surface area contributed by atoms with E-state index in [9.17, 15) is 19.1 Å². The van der Waals surface area contributed by atoms with Crippen LogP contribution < -0.4 is 16.1 Å². The molecule has 2 aliphatic heterocycles. The summed E-state index contributed by atoms with van der Waals surface area (Å²) in [5.41, 5.74) is 6.72. The Hall–Kier alpha value is -3.82. The summed E-state index contributed by atoms with van der Waals surface area (Å²) < 4.78 is 18.5. The van der Waals surface area contributed by atoms with E-state index in [0.717, 1.165) is 16.8 Å². The summed E-state index contributed by atoms with van der Waals surface area (Å²) in [6.07, 6.45) is 2.98. The van der Waals surface area contributed by atoms with Gasteiger partial charge in [-0.1, -0.05) is 0 Å². The second-order valence-electron chi connectivity index (χ2n) is 9.19. The molecule has 2 heterocycles. The number of rotatable bonds is 6. The van der Waals surface area contributed by atoms with Crippen LogP contribution in [0, 0.1) is 5.82 Å². The zero-order chi connectivity index (χ0) is 24.5. The lowest BCUT2D eigenvalue weighted by Crippen LogP contribution is -2.39. The van der Waals surface area contributed by atoms with Crippen molar-refractivity contribution >= 4 is 17.9 Å². The van der Waals surface area contributed by atoms with Gasteiger partial charge in [-0.3, -0.25) is 10.4 Å². The highest BCUT2D eigenvalue weighted by atomic mass is 19.1. The molecule has 0 unspecified atom stereocenters. The third kappa shape index (κ3) is 5.05. The Kier molecular flexibility index (Phi) is 6.32. The number of nitrogens with one attached hydrogen (secondary N) is 3. The molecule has 1 amide bonds. The van der Waals surface area contributed by atoms with E-state index in [1.54, 1.807) is 44.1 Å². The Morgan fingerprint density at radius 1 is 1.21 bits per heavy atom. The van der Waals surface area contributed by atoms with E-state index in [1.807, 2.05) is 0 Å². The molecular formula is C24H28FN5O4. The van der Waals surface area contributed by atoms with Crippen molar-refractivity contribution in [3.63, 3.8) is 0 Å². The Balaban J connectivity index is 1.48. The molecule has 1 aromatic carbocycles. The van der Waals surface area contributed by atoms with E-state index in [-0.39, 0.29) is 11.5 Å². The maximum Gasteiger partial charge on any atom is 0.407 e. The number of aliphatic carboxylic acids is 1. The Morgan fingerprint density at radius 3 is 2.62 bits per heavy atom. The zero-order valence-electron chi connectivity index (χ0n) is 19.4. The number of carboxylic acid groups (broad SMARTS) is 1. The summed E-state index contributed by atoms with van der Waals surface area (Å²) in [7, 11) is 0. The van der Waals surface area contributed by atoms with E-state index in [4.69, 9.17) is 4.74 Å². The third-order valence-electron chi connectivity index (χ3n) is 5.46. The molecule has 1 aromatic rings. The topological polar surface area (TPSA) is 115 Å². The molecular weight excluding hydrogens is 441 g/mol. The monoisotopic (exact) mass is 469 g/mol. The number of carboxylic acids is 1. The minimum atomic E-state index is -1.02. The maximum absolute atomic E-state index is 13.3. The average Bonchev–Trinajstić information content (AvgIpc) is 3.15. The van der Waals surface area contributed by atoms with Crippen LogP contribution in [0.15, 0.2) is 63.7 Å². The first-order valence-corrected chi connectivity index (χ1v) is 11.1. The lowest BCUT2D eigenvalue weighted by molar-refractivity contribution is -0.134. The number of hydrogen-bond donors (Lipinski definition) is 4. The second-order valence-corrected chi connectivity index (χ2v) is 9.19. The summed E-state index contributed by atoms with van der Waals surface area (Å²) in [5.74, 6) is -0.790. The number of hydrogen-bond acceptors (Lipinski definition) is 7. The maximum atomic E-state index is 13.3. The quantitative estimate of drug-likeness (QED) is 0.473. The molecule has 0 bridgehead atoms. The summed E-state index contributed by atoms with van der Waals surface area (Å²) in [6.45, 7) is 6.08. The molecule has 0 saturated carbocycles. The first-order valence-electron chi connectivity index (χ1n) is 11.1. The first kappa shape index (κ1) is 23.3. The van der Waals surface area contributed by atoms with Crippen molar-refractivity contribution in [2.75, 3.05) is 13.1 Å². The fraction of sp³-hybridized carbons (Fsp3) is 0.375. The van der Waals surface area contributed by atoms with Gasteiger partial charge in [-0.25, -0.2) is 19.0 Å². The smallest absolute Gasteiger partial charge is 0.407 e. The van der Waals surface area contributed by atoms with Gasteiger partial charge in [0.25, 0.3) is 0 Å². The molecule has 34 heavy (non-hydrogen) atoms. The second kappa shape index (κ2) is 9.20. The summed E-state index contributed by atoms with van der Waals surface area (Å²) >= 11 is 0. The van der Waals surface area contributed by atoms with Crippen molar-refractivity contribution in [3.8, 4) is 0 Å². The van der Waals surface area contributed by atoms with Crippen LogP contribution in [0.1, 0.15) is 45.6 Å². The molecule has 4 rings (SSSR count). The number of ether oxygens (including phenoxy) is 1. The molecule has 1 aliphatic carbocycles. The van der Waals surface area contributed by atoms with Gasteiger partial charge in [-0.15, -0.1) is 0 Å². The highest BCUT2D eigenvalue weighted by molar-refractivity contribution is 6.01. The molecule has 10 heteroatoms. The van der Waals surface area contributed by atoms with Crippen LogP contribution >= 0.6 is 0 Å². The van der Waals surface area contributed by atoms with Gasteiger partial charge < -0.3 is 20.5 Å². The standard InChI is InChI=1S/C24H28FN5O4/c1-24(2,3)34-23(33)26-11-4-12-30-20(22(31)32)17-10-7-15-13-27-21(28-18(15)19(17)29-30)14-5-8-16(25)9-6-14/h5-6,8-9,13,29H,4,7,10-12H2,1-3H3,(H,26,33)(H,27,28)(H,31,32). The van der Waals surface area contributed by atoms with E-state index >= 15 is 0 Å². The van der Waals surface area contributed by atoms with Gasteiger partial charge in [0.2, 0.25) is 0 Å². The van der Waals surface area contributed by atoms with E-state index < -0.39 is 17.7 Å². The van der Waals surface area contributed by atoms with E-state index in [1.165, 1.54) is 12.1 Å². The summed E-state index contributed by atoms with van der Waals surface area (Å²) in [5, 5.41) is 17.5. The van der Waals surface area contributed by atoms with Crippen LogP contribution in [0.4, 0.5) is 9.18 Å². The highest BCUT2D eigenvalue weighted by Crippen LogP contribution is 2.38. The molecule has 0 spiro atoms. The Labute approximate surface area is 197 Å². The van der Waals surface area contributed by atoms with Crippen molar-refractivity contribution in [2.45, 2.75) is 45.6 Å². The average molecular weight is 470 g/mol. The number of amidine groups is 1. The largest absolute Gasteiger partial charge is 0.477 e. The fourth-order valence-electron chi connectivity index (χ4n) is 4.01. The van der Waals surface area contributed by atoms with Gasteiger partial charge in [0.05, 0.1) is 11.4 Å². The molecule has 0 atom stereocenters. The fourth-order valence-corrected chi connectivity index (χ4v) is 4.01. The molecule has 4 N–H and O–H groups in total. The molecule has 0 aromatic heterocycles. The number of carbonyl (C=O) groups is 2. The predicted molar refractivity (Wildman–Crippen MR) is 124 cm³/mol. The lowest BCUT2D eigenvalue weighted by Gasteiger charge is -2.27. The number of halogens is 1. The first-order chi connectivity index (χ1) is 16.1. The minimum Gasteiger partial charge on any atom is -0.477 e. The van der Waals surface area contributed by atoms with Crippen LogP contribution in [0.5, 0.6) is 0 Å². The molecule has 0 radical (unpaired) electrons. The van der Waals surface area contributed by atoms with Gasteiger partial charge in [-0.2, -0.15) is 0 Å². The number of allylic oxidation sites excluding steroid dienone is 2. The van der Waals surface area contributed by atoms with Crippen LogP contribution in [-0.2, 0) is 9.53 Å². The Bertz CT molecular complexity index is 1130. The molecule has 0 fully saturated rings. The number of carbonyl (C=O) groups excluding carboxylic acids is 1. The molecule has 9 nitrogen and oxygen atoms in total. The van der Waals surface area contributed by atoms with Crippen molar-refractivity contribution < 1.29 is 23.8 Å². The number of benzene rings is 1. The number of aliphatic imine (C=N–C) groups is 1. The van der Waals surface area contributed by atoms with E-state index in [0.29, 0.717) is 49.5 Å². The SMILES string of the molecule is CC(C)(C)OC(=O)NCCCN1NC2=C3NC(c4ccc(F)cc4)=NC=C3CCC2=C1C(=O)O. The van der Waals surface area contributed by atoms with Crippen molar-refractivity contribution in [1.29, 1.82) is 0 Å². The molecule has 180 valence electrons. The van der Waals surface area contributed by atoms with E-state index in [2.05, 4.69) is 21.1 Å². The van der Waals surface area contributed by atoms with Gasteiger partial charge in [0, 0.05) is 30.4 Å². The number of amides is 1. The van der Waals surface area contributed by atoms with Crippen LogP contribution in [0.25, 0.3) is 0 Å².